The van der Waals surface area contributed by atoms with E-state index in [4.69, 9.17) is 5.73 Å². The van der Waals surface area contributed by atoms with Crippen LogP contribution in [-0.2, 0) is 13.5 Å². The van der Waals surface area contributed by atoms with Gasteiger partial charge in [0.1, 0.15) is 17.5 Å². The van der Waals surface area contributed by atoms with E-state index in [1.54, 1.807) is 4.68 Å². The molecule has 6 nitrogen and oxygen atoms in total. The van der Waals surface area contributed by atoms with Crippen LogP contribution in [0.15, 0.2) is 6.20 Å². The molecule has 2 aromatic heterocycles. The number of aryl methyl sites for hydroxylation is 3. The van der Waals surface area contributed by atoms with Gasteiger partial charge in [-0.25, -0.2) is 9.97 Å². The van der Waals surface area contributed by atoms with Gasteiger partial charge in [0.25, 0.3) is 0 Å². The van der Waals surface area contributed by atoms with E-state index >= 15 is 0 Å². The molecule has 0 aliphatic heterocycles. The molecular formula is C13H20N6. The van der Waals surface area contributed by atoms with Gasteiger partial charge in [-0.05, 0) is 20.3 Å². The van der Waals surface area contributed by atoms with E-state index in [-0.39, 0.29) is 0 Å². The fourth-order valence-electron chi connectivity index (χ4n) is 1.89. The Morgan fingerprint density at radius 1 is 1.32 bits per heavy atom. The number of nitrogens with two attached hydrogens (primary N) is 1. The van der Waals surface area contributed by atoms with Gasteiger partial charge in [-0.3, -0.25) is 4.68 Å². The average molecular weight is 260 g/mol. The highest BCUT2D eigenvalue weighted by Crippen LogP contribution is 2.23. The lowest BCUT2D eigenvalue weighted by Gasteiger charge is -2.11. The Bertz CT molecular complexity index is 587. The highest BCUT2D eigenvalue weighted by molar-refractivity contribution is 5.64. The second-order valence-electron chi connectivity index (χ2n) is 4.68. The minimum Gasteiger partial charge on any atom is -0.383 e. The highest BCUT2D eigenvalue weighted by atomic mass is 15.3. The fraction of sp³-hybridized carbons (Fsp3) is 0.462. The van der Waals surface area contributed by atoms with Crippen LogP contribution < -0.4 is 11.1 Å². The summed E-state index contributed by atoms with van der Waals surface area (Å²) in [5.41, 5.74) is 8.66. The molecule has 6 heteroatoms. The first kappa shape index (κ1) is 13.3. The maximum atomic E-state index is 5.94. The molecule has 0 spiro atoms. The summed E-state index contributed by atoms with van der Waals surface area (Å²) in [5, 5.41) is 7.58. The van der Waals surface area contributed by atoms with Crippen LogP contribution in [0, 0.1) is 13.8 Å². The lowest BCUT2D eigenvalue weighted by Crippen LogP contribution is -2.07. The van der Waals surface area contributed by atoms with Crippen molar-refractivity contribution in [1.82, 2.24) is 19.7 Å². The molecule has 0 saturated heterocycles. The number of nitrogen functional groups attached to an aromatic ring is 1. The van der Waals surface area contributed by atoms with Crippen LogP contribution >= 0.6 is 0 Å². The summed E-state index contributed by atoms with van der Waals surface area (Å²) in [7, 11) is 1.89. The summed E-state index contributed by atoms with van der Waals surface area (Å²) in [6.45, 7) is 5.96. The number of rotatable bonds is 4. The van der Waals surface area contributed by atoms with Crippen LogP contribution in [0.3, 0.4) is 0 Å². The van der Waals surface area contributed by atoms with E-state index in [2.05, 4.69) is 27.3 Å². The Morgan fingerprint density at radius 2 is 2.05 bits per heavy atom. The van der Waals surface area contributed by atoms with E-state index < -0.39 is 0 Å². The monoisotopic (exact) mass is 260 g/mol. The summed E-state index contributed by atoms with van der Waals surface area (Å²) in [4.78, 5) is 8.83. The van der Waals surface area contributed by atoms with Crippen LogP contribution in [0.2, 0.25) is 0 Å². The van der Waals surface area contributed by atoms with E-state index in [0.717, 1.165) is 41.4 Å². The zero-order valence-electron chi connectivity index (χ0n) is 11.9. The van der Waals surface area contributed by atoms with E-state index in [0.29, 0.717) is 5.82 Å². The molecule has 0 saturated carbocycles. The number of nitrogens with zero attached hydrogens (tertiary/aromatic N) is 4. The summed E-state index contributed by atoms with van der Waals surface area (Å²) in [6, 6.07) is 0. The molecule has 0 fully saturated rings. The Kier molecular flexibility index (Phi) is 3.69. The molecule has 2 rings (SSSR count). The van der Waals surface area contributed by atoms with Gasteiger partial charge in [-0.15, -0.1) is 0 Å². The minimum atomic E-state index is 0.530. The number of anilines is 3. The Labute approximate surface area is 113 Å². The molecule has 3 N–H and O–H groups in total. The van der Waals surface area contributed by atoms with E-state index in [1.165, 1.54) is 0 Å². The van der Waals surface area contributed by atoms with Crippen molar-refractivity contribution in [3.8, 4) is 0 Å². The highest BCUT2D eigenvalue weighted by Gasteiger charge is 2.11. The maximum Gasteiger partial charge on any atom is 0.139 e. The van der Waals surface area contributed by atoms with Crippen LogP contribution in [-0.4, -0.2) is 19.7 Å². The van der Waals surface area contributed by atoms with Crippen molar-refractivity contribution in [3.05, 3.63) is 23.3 Å². The van der Waals surface area contributed by atoms with Crippen LogP contribution in [0.5, 0.6) is 0 Å². The van der Waals surface area contributed by atoms with Gasteiger partial charge < -0.3 is 11.1 Å². The predicted octanol–water partition coefficient (Wildman–Crippen LogP) is 2.11. The Balaban J connectivity index is 2.36. The van der Waals surface area contributed by atoms with Gasteiger partial charge in [0.05, 0.1) is 11.4 Å². The number of aromatic nitrogens is 4. The van der Waals surface area contributed by atoms with Crippen LogP contribution in [0.1, 0.15) is 30.4 Å². The zero-order valence-corrected chi connectivity index (χ0v) is 11.9. The second kappa shape index (κ2) is 5.26. The standard InChI is InChI=1S/C13H20N6/c1-5-6-11-16-12(14)8(2)13(17-11)15-10-7-19(4)18-9(10)3/h7H,5-6H2,1-4H3,(H3,14,15,16,17). The van der Waals surface area contributed by atoms with Gasteiger partial charge in [0.2, 0.25) is 0 Å². The normalized spacial score (nSPS) is 10.7. The van der Waals surface area contributed by atoms with Gasteiger partial charge >= 0.3 is 0 Å². The first-order valence-electron chi connectivity index (χ1n) is 6.41. The van der Waals surface area contributed by atoms with Gasteiger partial charge in [0.15, 0.2) is 0 Å². The zero-order chi connectivity index (χ0) is 14.0. The van der Waals surface area contributed by atoms with Crippen molar-refractivity contribution in [3.63, 3.8) is 0 Å². The topological polar surface area (TPSA) is 81.6 Å². The molecule has 0 bridgehead atoms. The molecule has 102 valence electrons. The van der Waals surface area contributed by atoms with Crippen molar-refractivity contribution in [2.24, 2.45) is 7.05 Å². The third kappa shape index (κ3) is 2.83. The minimum absolute atomic E-state index is 0.530. The third-order valence-corrected chi connectivity index (χ3v) is 2.97. The quantitative estimate of drug-likeness (QED) is 0.879. The van der Waals surface area contributed by atoms with Crippen LogP contribution in [0.25, 0.3) is 0 Å². The summed E-state index contributed by atoms with van der Waals surface area (Å²) in [5.74, 6) is 2.06. The molecule has 2 heterocycles. The third-order valence-electron chi connectivity index (χ3n) is 2.97. The molecule has 19 heavy (non-hydrogen) atoms. The molecule has 0 atom stereocenters. The second-order valence-corrected chi connectivity index (χ2v) is 4.68. The molecule has 0 unspecified atom stereocenters. The smallest absolute Gasteiger partial charge is 0.139 e. The summed E-state index contributed by atoms with van der Waals surface area (Å²) >= 11 is 0. The fourth-order valence-corrected chi connectivity index (χ4v) is 1.89. The Hall–Kier alpha value is -2.11. The van der Waals surface area contributed by atoms with Crippen molar-refractivity contribution in [2.45, 2.75) is 33.6 Å². The van der Waals surface area contributed by atoms with Gasteiger partial charge in [0, 0.05) is 25.2 Å². The SMILES string of the molecule is CCCc1nc(N)c(C)c(Nc2cn(C)nc2C)n1. The molecule has 0 aromatic carbocycles. The first-order valence-corrected chi connectivity index (χ1v) is 6.41. The molecule has 0 aliphatic carbocycles. The molecule has 0 amide bonds. The van der Waals surface area contributed by atoms with Crippen molar-refractivity contribution in [2.75, 3.05) is 11.1 Å². The molecule has 2 aromatic rings. The first-order chi connectivity index (χ1) is 9.01. The van der Waals surface area contributed by atoms with Crippen LogP contribution in [0.4, 0.5) is 17.3 Å². The van der Waals surface area contributed by atoms with Crippen molar-refractivity contribution in [1.29, 1.82) is 0 Å². The number of nitrogens with one attached hydrogen (secondary N) is 1. The van der Waals surface area contributed by atoms with E-state index in [9.17, 15) is 0 Å². The Morgan fingerprint density at radius 3 is 2.63 bits per heavy atom. The molecule has 0 aliphatic rings. The summed E-state index contributed by atoms with van der Waals surface area (Å²) < 4.78 is 1.77. The van der Waals surface area contributed by atoms with Crippen molar-refractivity contribution < 1.29 is 0 Å². The summed E-state index contributed by atoms with van der Waals surface area (Å²) in [6.07, 6.45) is 3.74. The molecular weight excluding hydrogens is 240 g/mol. The number of hydrogen-bond donors (Lipinski definition) is 2. The van der Waals surface area contributed by atoms with Crippen molar-refractivity contribution >= 4 is 17.3 Å². The van der Waals surface area contributed by atoms with Gasteiger partial charge in [-0.2, -0.15) is 5.10 Å². The number of hydrogen-bond acceptors (Lipinski definition) is 5. The molecule has 0 radical (unpaired) electrons. The predicted molar refractivity (Wildman–Crippen MR) is 76.4 cm³/mol. The van der Waals surface area contributed by atoms with Gasteiger partial charge in [-0.1, -0.05) is 6.92 Å². The lowest BCUT2D eigenvalue weighted by molar-refractivity contribution is 0.756. The largest absolute Gasteiger partial charge is 0.383 e. The maximum absolute atomic E-state index is 5.94. The van der Waals surface area contributed by atoms with E-state index in [1.807, 2.05) is 27.1 Å². The average Bonchev–Trinajstić information content (AvgIpc) is 2.64. The lowest BCUT2D eigenvalue weighted by atomic mass is 10.2.